The molecule has 0 saturated carbocycles. The molecule has 3 rings (SSSR count). The second kappa shape index (κ2) is 9.37. The molecule has 0 spiro atoms. The van der Waals surface area contributed by atoms with Gasteiger partial charge in [-0.3, -0.25) is 4.79 Å². The highest BCUT2D eigenvalue weighted by molar-refractivity contribution is 7.91. The fourth-order valence-corrected chi connectivity index (χ4v) is 4.29. The summed E-state index contributed by atoms with van der Waals surface area (Å²) in [6.45, 7) is 1.89. The molecule has 1 amide bonds. The number of sulfone groups is 1. The number of hydrogen-bond donors (Lipinski definition) is 1. The van der Waals surface area contributed by atoms with Crippen LogP contribution in [0.25, 0.3) is 0 Å². The summed E-state index contributed by atoms with van der Waals surface area (Å²) < 4.78 is 31.2. The first-order chi connectivity index (χ1) is 14.4. The van der Waals surface area contributed by atoms with Gasteiger partial charge in [0.2, 0.25) is 15.7 Å². The van der Waals surface area contributed by atoms with Crippen LogP contribution in [0.2, 0.25) is 0 Å². The van der Waals surface area contributed by atoms with E-state index in [-0.39, 0.29) is 22.1 Å². The summed E-state index contributed by atoms with van der Waals surface area (Å²) in [4.78, 5) is 12.5. The second-order valence-electron chi connectivity index (χ2n) is 6.68. The van der Waals surface area contributed by atoms with Gasteiger partial charge in [0.25, 0.3) is 0 Å². The lowest BCUT2D eigenvalue weighted by molar-refractivity contribution is -0.120. The molecule has 0 aliphatic rings. The molecule has 7 heteroatoms. The third-order valence-corrected chi connectivity index (χ3v) is 6.28. The van der Waals surface area contributed by atoms with Crippen molar-refractivity contribution in [2.45, 2.75) is 23.1 Å². The van der Waals surface area contributed by atoms with E-state index in [0.717, 1.165) is 11.1 Å². The van der Waals surface area contributed by atoms with Crippen LogP contribution in [-0.4, -0.2) is 27.6 Å². The minimum Gasteiger partial charge on any atom is -0.497 e. The van der Waals surface area contributed by atoms with Gasteiger partial charge >= 0.3 is 0 Å². The maximum atomic E-state index is 13.0. The zero-order valence-corrected chi connectivity index (χ0v) is 17.5. The van der Waals surface area contributed by atoms with Gasteiger partial charge in [0.05, 0.1) is 29.5 Å². The number of carbonyl (C=O) groups excluding carboxylic acids is 1. The van der Waals surface area contributed by atoms with Crippen LogP contribution in [0.5, 0.6) is 5.75 Å². The Morgan fingerprint density at radius 1 is 1.03 bits per heavy atom. The van der Waals surface area contributed by atoms with Crippen LogP contribution in [-0.2, 0) is 21.1 Å². The van der Waals surface area contributed by atoms with Gasteiger partial charge in [0, 0.05) is 5.56 Å². The Bertz CT molecular complexity index is 1170. The first-order valence-electron chi connectivity index (χ1n) is 9.26. The molecule has 1 N–H and O–H groups in total. The fraction of sp³-hybridized carbons (Fsp3) is 0.130. The van der Waals surface area contributed by atoms with Gasteiger partial charge in [-0.05, 0) is 42.8 Å². The van der Waals surface area contributed by atoms with Crippen molar-refractivity contribution in [2.24, 2.45) is 5.10 Å². The van der Waals surface area contributed by atoms with E-state index in [4.69, 9.17) is 4.74 Å². The predicted octanol–water partition coefficient (Wildman–Crippen LogP) is 3.53. The summed E-state index contributed by atoms with van der Waals surface area (Å²) in [5.41, 5.74) is 4.58. The molecule has 0 radical (unpaired) electrons. The lowest BCUT2D eigenvalue weighted by Gasteiger charge is -2.08. The van der Waals surface area contributed by atoms with Crippen molar-refractivity contribution in [1.29, 1.82) is 0 Å². The molecule has 0 unspecified atom stereocenters. The molecule has 3 aromatic carbocycles. The van der Waals surface area contributed by atoms with E-state index < -0.39 is 9.84 Å². The van der Waals surface area contributed by atoms with Gasteiger partial charge in [-0.15, -0.1) is 0 Å². The SMILES string of the molecule is COc1cccc(CC(=O)NN=Cc2ccccc2S(=O)(=O)c2ccc(C)cc2)c1. The number of ether oxygens (including phenoxy) is 1. The minimum absolute atomic E-state index is 0.123. The van der Waals surface area contributed by atoms with E-state index in [9.17, 15) is 13.2 Å². The molecule has 154 valence electrons. The lowest BCUT2D eigenvalue weighted by Crippen LogP contribution is -2.20. The molecule has 0 fully saturated rings. The molecule has 30 heavy (non-hydrogen) atoms. The Balaban J connectivity index is 1.75. The van der Waals surface area contributed by atoms with Gasteiger partial charge in [-0.2, -0.15) is 5.10 Å². The first-order valence-corrected chi connectivity index (χ1v) is 10.7. The number of hydrogen-bond acceptors (Lipinski definition) is 5. The molecule has 0 bridgehead atoms. The van der Waals surface area contributed by atoms with Crippen LogP contribution in [0.15, 0.2) is 87.7 Å². The average Bonchev–Trinajstić information content (AvgIpc) is 2.74. The Labute approximate surface area is 176 Å². The van der Waals surface area contributed by atoms with Crippen molar-refractivity contribution in [3.63, 3.8) is 0 Å². The summed E-state index contributed by atoms with van der Waals surface area (Å²) in [6.07, 6.45) is 1.46. The molecule has 0 aromatic heterocycles. The van der Waals surface area contributed by atoms with Crippen LogP contribution in [0, 0.1) is 6.92 Å². The highest BCUT2D eigenvalue weighted by Gasteiger charge is 2.20. The minimum atomic E-state index is -3.71. The molecule has 0 heterocycles. The third-order valence-electron chi connectivity index (χ3n) is 4.43. The van der Waals surface area contributed by atoms with E-state index in [1.165, 1.54) is 12.3 Å². The number of aryl methyl sites for hydroxylation is 1. The molecule has 6 nitrogen and oxygen atoms in total. The Morgan fingerprint density at radius 3 is 2.50 bits per heavy atom. The quantitative estimate of drug-likeness (QED) is 0.466. The summed E-state index contributed by atoms with van der Waals surface area (Å²) in [5, 5.41) is 3.94. The van der Waals surface area contributed by atoms with E-state index in [2.05, 4.69) is 10.5 Å². The highest BCUT2D eigenvalue weighted by Crippen LogP contribution is 2.23. The van der Waals surface area contributed by atoms with Crippen LogP contribution >= 0.6 is 0 Å². The standard InChI is InChI=1S/C23H22N2O4S/c1-17-10-12-21(13-11-17)30(27,28)22-9-4-3-7-19(22)16-24-25-23(26)15-18-6-5-8-20(14-18)29-2/h3-14,16H,15H2,1-2H3,(H,25,26). The van der Waals surface area contributed by atoms with Crippen molar-refractivity contribution in [3.8, 4) is 5.75 Å². The average molecular weight is 423 g/mol. The Morgan fingerprint density at radius 2 is 1.77 bits per heavy atom. The Hall–Kier alpha value is -3.45. The van der Waals surface area contributed by atoms with Crippen LogP contribution in [0.1, 0.15) is 16.7 Å². The molecule has 0 saturated heterocycles. The van der Waals surface area contributed by atoms with Gasteiger partial charge in [0.1, 0.15) is 5.75 Å². The second-order valence-corrected chi connectivity index (χ2v) is 8.59. The fourth-order valence-electron chi connectivity index (χ4n) is 2.86. The largest absolute Gasteiger partial charge is 0.497 e. The van der Waals surface area contributed by atoms with E-state index in [1.54, 1.807) is 67.8 Å². The van der Waals surface area contributed by atoms with Crippen LogP contribution < -0.4 is 10.2 Å². The normalized spacial score (nSPS) is 11.4. The smallest absolute Gasteiger partial charge is 0.244 e. The maximum Gasteiger partial charge on any atom is 0.244 e. The zero-order chi connectivity index (χ0) is 21.6. The van der Waals surface area contributed by atoms with Gasteiger partial charge in [0.15, 0.2) is 0 Å². The number of hydrazone groups is 1. The van der Waals surface area contributed by atoms with Gasteiger partial charge in [-0.25, -0.2) is 13.8 Å². The van der Waals surface area contributed by atoms with E-state index in [0.29, 0.717) is 11.3 Å². The van der Waals surface area contributed by atoms with Crippen molar-refractivity contribution in [1.82, 2.24) is 5.43 Å². The topological polar surface area (TPSA) is 84.8 Å². The van der Waals surface area contributed by atoms with E-state index >= 15 is 0 Å². The number of amides is 1. The lowest BCUT2D eigenvalue weighted by atomic mass is 10.1. The molecule has 3 aromatic rings. The number of benzene rings is 3. The summed E-state index contributed by atoms with van der Waals surface area (Å²) in [6, 6.07) is 20.4. The summed E-state index contributed by atoms with van der Waals surface area (Å²) in [7, 11) is -2.15. The van der Waals surface area contributed by atoms with Gasteiger partial charge < -0.3 is 4.74 Å². The number of carbonyl (C=O) groups is 1. The van der Waals surface area contributed by atoms with Crippen molar-refractivity contribution < 1.29 is 17.9 Å². The zero-order valence-electron chi connectivity index (χ0n) is 16.7. The molecule has 0 aliphatic heterocycles. The first kappa shape index (κ1) is 21.3. The molecule has 0 atom stereocenters. The van der Waals surface area contributed by atoms with Crippen molar-refractivity contribution in [3.05, 3.63) is 89.5 Å². The van der Waals surface area contributed by atoms with E-state index in [1.807, 2.05) is 13.0 Å². The molecular formula is C23H22N2O4S. The predicted molar refractivity (Wildman–Crippen MR) is 116 cm³/mol. The van der Waals surface area contributed by atoms with Crippen molar-refractivity contribution in [2.75, 3.05) is 7.11 Å². The van der Waals surface area contributed by atoms with Crippen LogP contribution in [0.3, 0.4) is 0 Å². The number of nitrogens with one attached hydrogen (secondary N) is 1. The molecule has 0 aliphatic carbocycles. The van der Waals surface area contributed by atoms with Crippen LogP contribution in [0.4, 0.5) is 0 Å². The monoisotopic (exact) mass is 422 g/mol. The summed E-state index contributed by atoms with van der Waals surface area (Å²) in [5.74, 6) is 0.345. The van der Waals surface area contributed by atoms with Gasteiger partial charge in [-0.1, -0.05) is 48.0 Å². The number of methoxy groups -OCH3 is 1. The maximum absolute atomic E-state index is 13.0. The number of rotatable bonds is 7. The van der Waals surface area contributed by atoms with Crippen molar-refractivity contribution >= 4 is 22.0 Å². The summed E-state index contributed by atoms with van der Waals surface area (Å²) >= 11 is 0. The highest BCUT2D eigenvalue weighted by atomic mass is 32.2. The molecular weight excluding hydrogens is 400 g/mol. The Kier molecular flexibility index (Phi) is 6.64. The number of nitrogens with zero attached hydrogens (tertiary/aromatic N) is 1. The third kappa shape index (κ3) is 5.12.